The second kappa shape index (κ2) is 7.81. The molecule has 130 valence electrons. The maximum atomic E-state index is 12.2. The van der Waals surface area contributed by atoms with Crippen LogP contribution in [-0.4, -0.2) is 40.7 Å². The second-order valence-electron chi connectivity index (χ2n) is 5.69. The number of aromatic nitrogens is 1. The molecular formula is C19H21N3O3. The van der Waals surface area contributed by atoms with E-state index in [1.54, 1.807) is 12.1 Å². The topological polar surface area (TPSA) is 78.6 Å². The molecule has 0 aliphatic carbocycles. The number of carbonyl (C=O) groups excluding carboxylic acids is 1. The molecule has 0 radical (unpaired) electrons. The molecule has 0 spiro atoms. The van der Waals surface area contributed by atoms with Gasteiger partial charge in [-0.3, -0.25) is 0 Å². The highest BCUT2D eigenvalue weighted by Crippen LogP contribution is 2.22. The molecule has 0 aliphatic heterocycles. The van der Waals surface area contributed by atoms with Crippen molar-refractivity contribution in [2.24, 2.45) is 0 Å². The van der Waals surface area contributed by atoms with E-state index in [2.05, 4.69) is 10.3 Å². The third-order valence-corrected chi connectivity index (χ3v) is 3.92. The summed E-state index contributed by atoms with van der Waals surface area (Å²) in [4.78, 5) is 18.2. The van der Waals surface area contributed by atoms with E-state index in [0.717, 1.165) is 11.1 Å². The number of hydrogen-bond acceptors (Lipinski definition) is 4. The van der Waals surface area contributed by atoms with Crippen LogP contribution in [0.15, 0.2) is 52.9 Å². The molecule has 1 aromatic heterocycles. The molecular weight excluding hydrogens is 318 g/mol. The minimum Gasteiger partial charge on any atom is -0.440 e. The van der Waals surface area contributed by atoms with Crippen LogP contribution in [0.4, 0.5) is 10.5 Å². The van der Waals surface area contributed by atoms with Crippen LogP contribution in [0.2, 0.25) is 0 Å². The van der Waals surface area contributed by atoms with Gasteiger partial charge in [0.05, 0.1) is 6.61 Å². The lowest BCUT2D eigenvalue weighted by Crippen LogP contribution is -2.36. The first-order valence-corrected chi connectivity index (χ1v) is 8.29. The van der Waals surface area contributed by atoms with Crippen LogP contribution in [0.1, 0.15) is 18.4 Å². The number of benzene rings is 2. The van der Waals surface area contributed by atoms with Crippen molar-refractivity contribution in [1.82, 2.24) is 9.88 Å². The van der Waals surface area contributed by atoms with Crippen molar-refractivity contribution in [1.29, 1.82) is 0 Å². The summed E-state index contributed by atoms with van der Waals surface area (Å²) in [7, 11) is 0. The van der Waals surface area contributed by atoms with Gasteiger partial charge >= 0.3 is 6.03 Å². The summed E-state index contributed by atoms with van der Waals surface area (Å²) in [6.07, 6.45) is 0.622. The lowest BCUT2D eigenvalue weighted by molar-refractivity contribution is 0.192. The van der Waals surface area contributed by atoms with Gasteiger partial charge < -0.3 is 19.7 Å². The minimum absolute atomic E-state index is 0.0642. The summed E-state index contributed by atoms with van der Waals surface area (Å²) in [5.74, 6) is 0.639. The summed E-state index contributed by atoms with van der Waals surface area (Å²) in [5, 5.41) is 11.8. The van der Waals surface area contributed by atoms with E-state index in [4.69, 9.17) is 9.52 Å². The van der Waals surface area contributed by atoms with E-state index < -0.39 is 0 Å². The molecule has 2 N–H and O–H groups in total. The average molecular weight is 339 g/mol. The second-order valence-corrected chi connectivity index (χ2v) is 5.69. The largest absolute Gasteiger partial charge is 0.440 e. The highest BCUT2D eigenvalue weighted by atomic mass is 16.3. The fraction of sp³-hybridized carbons (Fsp3) is 0.263. The highest BCUT2D eigenvalue weighted by molar-refractivity contribution is 5.91. The Labute approximate surface area is 146 Å². The Morgan fingerprint density at radius 1 is 1.24 bits per heavy atom. The maximum absolute atomic E-state index is 12.2. The number of nitrogens with one attached hydrogen (secondary N) is 1. The SMILES string of the molecule is CCN(CCO)C(=O)Nc1ccc2nc(Cc3ccccc3)oc2c1. The summed E-state index contributed by atoms with van der Waals surface area (Å²) in [6.45, 7) is 2.63. The molecule has 1 heterocycles. The third kappa shape index (κ3) is 4.16. The van der Waals surface area contributed by atoms with E-state index in [1.807, 2.05) is 43.3 Å². The highest BCUT2D eigenvalue weighted by Gasteiger charge is 2.12. The molecule has 0 atom stereocenters. The molecule has 6 nitrogen and oxygen atoms in total. The molecule has 2 amide bonds. The number of urea groups is 1. The lowest BCUT2D eigenvalue weighted by atomic mass is 10.1. The number of aliphatic hydroxyl groups is 1. The Kier molecular flexibility index (Phi) is 5.30. The molecule has 0 unspecified atom stereocenters. The van der Waals surface area contributed by atoms with Crippen LogP contribution in [0.3, 0.4) is 0 Å². The van der Waals surface area contributed by atoms with Crippen molar-refractivity contribution in [3.05, 3.63) is 60.0 Å². The molecule has 0 aliphatic rings. The average Bonchev–Trinajstić information content (AvgIpc) is 3.01. The smallest absolute Gasteiger partial charge is 0.321 e. The molecule has 25 heavy (non-hydrogen) atoms. The van der Waals surface area contributed by atoms with Gasteiger partial charge in [-0.15, -0.1) is 0 Å². The van der Waals surface area contributed by atoms with Crippen LogP contribution in [0, 0.1) is 0 Å². The van der Waals surface area contributed by atoms with Gasteiger partial charge in [-0.2, -0.15) is 0 Å². The summed E-state index contributed by atoms with van der Waals surface area (Å²) in [5.41, 5.74) is 3.15. The number of aliphatic hydroxyl groups excluding tert-OH is 1. The third-order valence-electron chi connectivity index (χ3n) is 3.92. The zero-order valence-electron chi connectivity index (χ0n) is 14.1. The first kappa shape index (κ1) is 17.0. The number of rotatable bonds is 6. The predicted molar refractivity (Wildman–Crippen MR) is 96.6 cm³/mol. The van der Waals surface area contributed by atoms with Crippen LogP contribution in [0.5, 0.6) is 0 Å². The Morgan fingerprint density at radius 3 is 2.76 bits per heavy atom. The quantitative estimate of drug-likeness (QED) is 0.722. The number of hydrogen-bond donors (Lipinski definition) is 2. The number of fused-ring (bicyclic) bond motifs is 1. The molecule has 0 fully saturated rings. The number of anilines is 1. The Balaban J connectivity index is 1.75. The Morgan fingerprint density at radius 2 is 2.04 bits per heavy atom. The van der Waals surface area contributed by atoms with Crippen molar-refractivity contribution >= 4 is 22.8 Å². The van der Waals surface area contributed by atoms with Gasteiger partial charge in [0.2, 0.25) is 0 Å². The molecule has 3 aromatic rings. The molecule has 0 bridgehead atoms. The van der Waals surface area contributed by atoms with Gasteiger partial charge in [0.25, 0.3) is 0 Å². The van der Waals surface area contributed by atoms with Gasteiger partial charge in [-0.25, -0.2) is 9.78 Å². The Bertz CT molecular complexity index is 846. The first-order chi connectivity index (χ1) is 12.2. The van der Waals surface area contributed by atoms with Crippen LogP contribution in [-0.2, 0) is 6.42 Å². The van der Waals surface area contributed by atoms with Crippen molar-refractivity contribution in [3.8, 4) is 0 Å². The standard InChI is InChI=1S/C19H21N3O3/c1-2-22(10-11-23)19(24)20-15-8-9-16-17(13-15)25-18(21-16)12-14-6-4-3-5-7-14/h3-9,13,23H,2,10-12H2,1H3,(H,20,24). The van der Waals surface area contributed by atoms with Gasteiger partial charge in [-0.05, 0) is 24.6 Å². The number of oxazole rings is 1. The summed E-state index contributed by atoms with van der Waals surface area (Å²) >= 11 is 0. The minimum atomic E-state index is -0.250. The van der Waals surface area contributed by atoms with Crippen molar-refractivity contribution < 1.29 is 14.3 Å². The van der Waals surface area contributed by atoms with Gasteiger partial charge in [0.1, 0.15) is 5.52 Å². The van der Waals surface area contributed by atoms with Crippen LogP contribution in [0.25, 0.3) is 11.1 Å². The zero-order chi connectivity index (χ0) is 17.6. The summed E-state index contributed by atoms with van der Waals surface area (Å²) < 4.78 is 5.81. The van der Waals surface area contributed by atoms with Crippen LogP contribution < -0.4 is 5.32 Å². The molecule has 2 aromatic carbocycles. The number of nitrogens with zero attached hydrogens (tertiary/aromatic N) is 2. The summed E-state index contributed by atoms with van der Waals surface area (Å²) in [6, 6.07) is 15.1. The maximum Gasteiger partial charge on any atom is 0.321 e. The van der Waals surface area contributed by atoms with E-state index >= 15 is 0 Å². The van der Waals surface area contributed by atoms with E-state index in [-0.39, 0.29) is 12.6 Å². The van der Waals surface area contributed by atoms with Crippen molar-refractivity contribution in [2.45, 2.75) is 13.3 Å². The predicted octanol–water partition coefficient (Wildman–Crippen LogP) is 3.26. The Hall–Kier alpha value is -2.86. The van der Waals surface area contributed by atoms with Gasteiger partial charge in [-0.1, -0.05) is 30.3 Å². The lowest BCUT2D eigenvalue weighted by Gasteiger charge is -2.20. The number of amides is 2. The monoisotopic (exact) mass is 339 g/mol. The zero-order valence-corrected chi connectivity index (χ0v) is 14.1. The van der Waals surface area contributed by atoms with Gasteiger partial charge in [0, 0.05) is 31.3 Å². The fourth-order valence-corrected chi connectivity index (χ4v) is 2.62. The van der Waals surface area contributed by atoms with E-state index in [9.17, 15) is 4.79 Å². The normalized spacial score (nSPS) is 10.8. The fourth-order valence-electron chi connectivity index (χ4n) is 2.62. The first-order valence-electron chi connectivity index (χ1n) is 8.29. The number of likely N-dealkylation sites (N-methyl/N-ethyl adjacent to an activating group) is 1. The van der Waals surface area contributed by atoms with Gasteiger partial charge in [0.15, 0.2) is 11.5 Å². The number of carbonyl (C=O) groups is 1. The van der Waals surface area contributed by atoms with Crippen molar-refractivity contribution in [2.75, 3.05) is 25.0 Å². The molecule has 0 saturated heterocycles. The molecule has 6 heteroatoms. The van der Waals surface area contributed by atoms with E-state index in [1.165, 1.54) is 4.90 Å². The van der Waals surface area contributed by atoms with E-state index in [0.29, 0.717) is 36.7 Å². The van der Waals surface area contributed by atoms with Crippen molar-refractivity contribution in [3.63, 3.8) is 0 Å². The van der Waals surface area contributed by atoms with Crippen LogP contribution >= 0.6 is 0 Å². The molecule has 3 rings (SSSR count). The molecule has 0 saturated carbocycles.